The molecule has 0 radical (unpaired) electrons. The maximum absolute atomic E-state index is 13.8. The lowest BCUT2D eigenvalue weighted by Crippen LogP contribution is -2.49. The third kappa shape index (κ3) is 5.91. The summed E-state index contributed by atoms with van der Waals surface area (Å²) in [5.41, 5.74) is 3.66. The summed E-state index contributed by atoms with van der Waals surface area (Å²) >= 11 is 6.42. The van der Waals surface area contributed by atoms with Crippen LogP contribution < -0.4 is 14.4 Å². The fraction of sp³-hybridized carbons (Fsp3) is 0.543. The van der Waals surface area contributed by atoms with Gasteiger partial charge in [-0.05, 0) is 112 Å². The number of anilines is 1. The molecule has 2 aromatic rings. The van der Waals surface area contributed by atoms with E-state index < -0.39 is 27.0 Å². The number of aryl methyl sites for hydroxylation is 1. The number of allylic oxidation sites excluding steroid dienone is 1. The summed E-state index contributed by atoms with van der Waals surface area (Å²) in [4.78, 5) is 16.0. The molecule has 1 saturated carbocycles. The van der Waals surface area contributed by atoms with Crippen molar-refractivity contribution in [1.29, 1.82) is 0 Å². The molecule has 238 valence electrons. The van der Waals surface area contributed by atoms with Crippen molar-refractivity contribution in [3.05, 3.63) is 70.3 Å². The average molecular weight is 641 g/mol. The number of amides is 1. The monoisotopic (exact) mass is 640 g/mol. The number of fused-ring (bicyclic) bond motifs is 4. The number of benzene rings is 2. The number of ether oxygens (including phenoxy) is 2. The van der Waals surface area contributed by atoms with Gasteiger partial charge in [0.05, 0.1) is 34.2 Å². The van der Waals surface area contributed by atoms with Crippen LogP contribution in [-0.2, 0) is 26.3 Å². The van der Waals surface area contributed by atoms with Crippen LogP contribution >= 0.6 is 11.6 Å². The number of carbonyl (C=O) groups excluding carboxylic acids is 1. The second kappa shape index (κ2) is 12.3. The molecule has 1 fully saturated rings. The van der Waals surface area contributed by atoms with Crippen LogP contribution in [0.25, 0.3) is 0 Å². The summed E-state index contributed by atoms with van der Waals surface area (Å²) in [6.45, 7) is 5.60. The highest BCUT2D eigenvalue weighted by Crippen LogP contribution is 2.47. The van der Waals surface area contributed by atoms with E-state index in [0.29, 0.717) is 30.4 Å². The molecule has 2 aliphatic carbocycles. The highest BCUT2D eigenvalue weighted by atomic mass is 35.5. The topological polar surface area (TPSA) is 88.1 Å². The van der Waals surface area contributed by atoms with E-state index in [-0.39, 0.29) is 17.4 Å². The zero-order chi connectivity index (χ0) is 31.2. The summed E-state index contributed by atoms with van der Waals surface area (Å²) in [5.74, 6) is 4.65. The van der Waals surface area contributed by atoms with Crippen LogP contribution in [0, 0.1) is 17.8 Å². The van der Waals surface area contributed by atoms with Crippen LogP contribution in [0.15, 0.2) is 48.6 Å². The molecule has 7 nitrogen and oxygen atoms in total. The van der Waals surface area contributed by atoms with Gasteiger partial charge in [-0.3, -0.25) is 9.52 Å². The molecule has 0 aromatic heterocycles. The lowest BCUT2D eigenvalue weighted by atomic mass is 9.68. The molecule has 1 spiro atoms. The molecule has 44 heavy (non-hydrogen) atoms. The van der Waals surface area contributed by atoms with Crippen molar-refractivity contribution in [3.8, 4) is 5.75 Å². The molecule has 8 atom stereocenters. The maximum atomic E-state index is 13.8. The minimum absolute atomic E-state index is 0.0593. The minimum Gasteiger partial charge on any atom is -0.490 e. The van der Waals surface area contributed by atoms with E-state index >= 15 is 0 Å². The molecule has 2 aliphatic heterocycles. The largest absolute Gasteiger partial charge is 0.490 e. The number of halogens is 1. The van der Waals surface area contributed by atoms with Gasteiger partial charge in [0.1, 0.15) is 5.75 Å². The Bertz CT molecular complexity index is 1540. The molecule has 2 heterocycles. The molecule has 2 bridgehead atoms. The summed E-state index contributed by atoms with van der Waals surface area (Å²) in [7, 11) is -1.33. The zero-order valence-electron chi connectivity index (χ0n) is 26.0. The number of hydrogen-bond donors (Lipinski definition) is 2. The first-order chi connectivity index (χ1) is 21.0. The van der Waals surface area contributed by atoms with Gasteiger partial charge in [0.15, 0.2) is 0 Å². The summed E-state index contributed by atoms with van der Waals surface area (Å²) in [5, 5.41) is 10.8. The van der Waals surface area contributed by atoms with Gasteiger partial charge in [-0.1, -0.05) is 29.8 Å². The number of hydrogen-bond acceptors (Lipinski definition) is 6. The Morgan fingerprint density at radius 3 is 2.80 bits per heavy atom. The summed E-state index contributed by atoms with van der Waals surface area (Å²) in [6.07, 6.45) is 9.10. The van der Waals surface area contributed by atoms with Crippen molar-refractivity contribution in [3.63, 3.8) is 0 Å². The zero-order valence-corrected chi connectivity index (χ0v) is 27.5. The first kappa shape index (κ1) is 31.5. The Hall–Kier alpha value is -2.52. The predicted octanol–water partition coefficient (Wildman–Crippen LogP) is 5.56. The van der Waals surface area contributed by atoms with E-state index in [1.165, 1.54) is 11.1 Å². The molecule has 0 saturated heterocycles. The molecule has 4 aliphatic rings. The van der Waals surface area contributed by atoms with Crippen LogP contribution in [0.1, 0.15) is 67.4 Å². The van der Waals surface area contributed by atoms with Gasteiger partial charge < -0.3 is 19.5 Å². The van der Waals surface area contributed by atoms with Gasteiger partial charge in [-0.25, -0.2) is 4.21 Å². The van der Waals surface area contributed by atoms with Crippen LogP contribution in [-0.4, -0.2) is 65.4 Å². The predicted molar refractivity (Wildman–Crippen MR) is 178 cm³/mol. The molecule has 6 rings (SSSR count). The SMILES string of the molecule is C=S1(=O)NC(=O)c2ccc3c(c2)N(C[C@@H]2CC[C@H]2[C@@H](OC)/C=C/C[C@H]([C@@H](C)O)[C@H]1C)C[C@@]1(CCCc2cc(Cl)ccc21)CO3. The number of aliphatic hydroxyl groups is 1. The van der Waals surface area contributed by atoms with Crippen molar-refractivity contribution in [1.82, 2.24) is 4.72 Å². The quantitative estimate of drug-likeness (QED) is 0.330. The van der Waals surface area contributed by atoms with Crippen LogP contribution in [0.2, 0.25) is 5.02 Å². The van der Waals surface area contributed by atoms with Gasteiger partial charge in [-0.2, -0.15) is 0 Å². The molecule has 2 aromatic carbocycles. The van der Waals surface area contributed by atoms with E-state index in [4.69, 9.17) is 21.1 Å². The van der Waals surface area contributed by atoms with Crippen LogP contribution in [0.4, 0.5) is 5.69 Å². The second-order valence-corrected chi connectivity index (χ2v) is 16.3. The van der Waals surface area contributed by atoms with Gasteiger partial charge in [0.25, 0.3) is 5.91 Å². The molecule has 1 unspecified atom stereocenters. The smallest absolute Gasteiger partial charge is 0.262 e. The van der Waals surface area contributed by atoms with Crippen molar-refractivity contribution >= 4 is 38.8 Å². The Balaban J connectivity index is 1.43. The number of nitrogens with zero attached hydrogens (tertiary/aromatic N) is 1. The van der Waals surface area contributed by atoms with Crippen molar-refractivity contribution in [2.45, 2.75) is 75.2 Å². The Morgan fingerprint density at radius 1 is 1.25 bits per heavy atom. The fourth-order valence-corrected chi connectivity index (χ4v) is 9.65. The third-order valence-electron chi connectivity index (χ3n) is 10.7. The Morgan fingerprint density at radius 2 is 2.07 bits per heavy atom. The number of carbonyl (C=O) groups is 1. The molecule has 2 N–H and O–H groups in total. The molecule has 1 amide bonds. The lowest BCUT2D eigenvalue weighted by Gasteiger charge is -2.46. The van der Waals surface area contributed by atoms with Crippen LogP contribution in [0.5, 0.6) is 5.75 Å². The normalized spacial score (nSPS) is 35.2. The fourth-order valence-electron chi connectivity index (χ4n) is 7.93. The number of methoxy groups -OCH3 is 1. The van der Waals surface area contributed by atoms with E-state index in [9.17, 15) is 14.1 Å². The second-order valence-electron chi connectivity index (χ2n) is 13.4. The Labute approximate surface area is 267 Å². The number of rotatable bonds is 2. The van der Waals surface area contributed by atoms with E-state index in [2.05, 4.69) is 33.7 Å². The molecular formula is C35H45ClN2O5S. The Kier molecular flexibility index (Phi) is 8.83. The highest BCUT2D eigenvalue weighted by Gasteiger charge is 2.44. The maximum Gasteiger partial charge on any atom is 0.262 e. The standard InChI is InChI=1S/C35H45ClN2O5S/c1-22(39)28-8-5-9-32(42-3)29-13-10-26(29)19-38-20-35(16-6-7-24-17-27(36)12-14-30(24)35)21-43-33-15-11-25(18-31(33)38)34(40)37-44(4,41)23(28)2/h5,9,11-12,14-15,17-18,22-23,26,28-29,32,39H,4,6-8,10,13,16,19-21H2,1-3H3,(H,37,40,41)/b9-5+/t22-,23-,26+,28-,29-,32+,35+,44?/m1/s1. The number of aliphatic hydroxyl groups excluding tert-OH is 1. The van der Waals surface area contributed by atoms with E-state index in [1.54, 1.807) is 27.0 Å². The first-order valence-electron chi connectivity index (χ1n) is 15.9. The minimum atomic E-state index is -3.09. The van der Waals surface area contributed by atoms with Crippen molar-refractivity contribution < 1.29 is 23.6 Å². The van der Waals surface area contributed by atoms with Gasteiger partial charge in [0.2, 0.25) is 0 Å². The van der Waals surface area contributed by atoms with E-state index in [0.717, 1.165) is 61.7 Å². The van der Waals surface area contributed by atoms with Gasteiger partial charge in [-0.15, -0.1) is 0 Å². The van der Waals surface area contributed by atoms with Crippen molar-refractivity contribution in [2.75, 3.05) is 31.7 Å². The van der Waals surface area contributed by atoms with Gasteiger partial charge in [0, 0.05) is 47.4 Å². The molecular weight excluding hydrogens is 596 g/mol. The van der Waals surface area contributed by atoms with E-state index in [1.807, 2.05) is 24.3 Å². The van der Waals surface area contributed by atoms with Crippen molar-refractivity contribution in [2.24, 2.45) is 17.8 Å². The summed E-state index contributed by atoms with van der Waals surface area (Å²) in [6, 6.07) is 11.8. The van der Waals surface area contributed by atoms with Gasteiger partial charge >= 0.3 is 0 Å². The first-order valence-corrected chi connectivity index (χ1v) is 18.0. The lowest BCUT2D eigenvalue weighted by molar-refractivity contribution is 0.0130. The molecule has 9 heteroatoms. The average Bonchev–Trinajstić information content (AvgIpc) is 3.12. The van der Waals surface area contributed by atoms with Crippen LogP contribution in [0.3, 0.4) is 0 Å². The summed E-state index contributed by atoms with van der Waals surface area (Å²) < 4.78 is 29.2. The number of nitrogens with one attached hydrogen (secondary N) is 1. The third-order valence-corrected chi connectivity index (χ3v) is 13.1. The highest BCUT2D eigenvalue weighted by molar-refractivity contribution is 7.99.